The van der Waals surface area contributed by atoms with Gasteiger partial charge in [0.1, 0.15) is 4.88 Å². The first-order valence-corrected chi connectivity index (χ1v) is 6.18. The molecule has 0 radical (unpaired) electrons. The summed E-state index contributed by atoms with van der Waals surface area (Å²) in [5.74, 6) is -1.06. The Labute approximate surface area is 103 Å². The molecule has 2 rings (SSSR count). The van der Waals surface area contributed by atoms with Gasteiger partial charge < -0.3 is 10.0 Å². The zero-order valence-corrected chi connectivity index (χ0v) is 10.1. The van der Waals surface area contributed by atoms with Crippen LogP contribution in [0.5, 0.6) is 0 Å². The predicted molar refractivity (Wildman–Crippen MR) is 65.6 cm³/mol. The molecule has 1 amide bonds. The van der Waals surface area contributed by atoms with Gasteiger partial charge >= 0.3 is 5.97 Å². The van der Waals surface area contributed by atoms with Crippen molar-refractivity contribution in [3.05, 3.63) is 34.0 Å². The van der Waals surface area contributed by atoms with Crippen molar-refractivity contribution in [2.75, 3.05) is 13.1 Å². The van der Waals surface area contributed by atoms with Crippen molar-refractivity contribution < 1.29 is 14.7 Å². The number of likely N-dealkylation sites (tertiary alicyclic amines) is 1. The van der Waals surface area contributed by atoms with Gasteiger partial charge in [-0.15, -0.1) is 11.3 Å². The molecule has 0 atom stereocenters. The summed E-state index contributed by atoms with van der Waals surface area (Å²) in [4.78, 5) is 25.2. The fraction of sp³-hybridized carbons (Fsp3) is 0.333. The third-order valence-electron chi connectivity index (χ3n) is 2.79. The molecule has 1 aromatic rings. The molecule has 90 valence electrons. The highest BCUT2D eigenvalue weighted by Gasteiger charge is 2.21. The Morgan fingerprint density at radius 1 is 1.24 bits per heavy atom. The minimum Gasteiger partial charge on any atom is -0.477 e. The van der Waals surface area contributed by atoms with Crippen molar-refractivity contribution in [2.45, 2.75) is 12.8 Å². The van der Waals surface area contributed by atoms with Crippen molar-refractivity contribution in [1.82, 2.24) is 4.90 Å². The third kappa shape index (κ3) is 2.55. The summed E-state index contributed by atoms with van der Waals surface area (Å²) >= 11 is 1.03. The number of hydrogen-bond donors (Lipinski definition) is 1. The number of aromatic carboxylic acids is 1. The van der Waals surface area contributed by atoms with E-state index in [1.54, 1.807) is 11.0 Å². The van der Waals surface area contributed by atoms with E-state index in [0.717, 1.165) is 24.2 Å². The summed E-state index contributed by atoms with van der Waals surface area (Å²) in [7, 11) is 0. The largest absolute Gasteiger partial charge is 0.477 e. The summed E-state index contributed by atoms with van der Waals surface area (Å²) < 4.78 is 0. The number of nitrogens with zero attached hydrogens (tertiary/aromatic N) is 1. The van der Waals surface area contributed by atoms with Gasteiger partial charge in [-0.25, -0.2) is 4.79 Å². The Kier molecular flexibility index (Phi) is 3.28. The second kappa shape index (κ2) is 4.71. The third-order valence-corrected chi connectivity index (χ3v) is 3.85. The number of carboxylic acids is 1. The summed E-state index contributed by atoms with van der Waals surface area (Å²) in [6, 6.07) is 3.06. The summed E-state index contributed by atoms with van der Waals surface area (Å²) in [6.45, 7) is 5.25. The van der Waals surface area contributed by atoms with Crippen molar-refractivity contribution in [3.63, 3.8) is 0 Å². The average molecular weight is 251 g/mol. The molecule has 1 N–H and O–H groups in total. The first kappa shape index (κ1) is 11.9. The van der Waals surface area contributed by atoms with Crippen LogP contribution in [0, 0.1) is 0 Å². The highest BCUT2D eigenvalue weighted by molar-refractivity contribution is 7.15. The molecular weight excluding hydrogens is 238 g/mol. The number of piperidine rings is 1. The highest BCUT2D eigenvalue weighted by Crippen LogP contribution is 2.21. The highest BCUT2D eigenvalue weighted by atomic mass is 32.1. The van der Waals surface area contributed by atoms with Crippen LogP contribution >= 0.6 is 11.3 Å². The monoisotopic (exact) mass is 251 g/mol. The van der Waals surface area contributed by atoms with Crippen LogP contribution in [0.3, 0.4) is 0 Å². The Morgan fingerprint density at radius 2 is 1.82 bits per heavy atom. The Balaban J connectivity index is 2.08. The van der Waals surface area contributed by atoms with Crippen molar-refractivity contribution in [3.8, 4) is 0 Å². The first-order chi connectivity index (χ1) is 8.08. The van der Waals surface area contributed by atoms with E-state index < -0.39 is 5.97 Å². The smallest absolute Gasteiger partial charge is 0.345 e. The number of carbonyl (C=O) groups excluding carboxylic acids is 1. The van der Waals surface area contributed by atoms with Gasteiger partial charge in [0, 0.05) is 13.1 Å². The molecule has 0 spiro atoms. The van der Waals surface area contributed by atoms with Gasteiger partial charge in [0.15, 0.2) is 0 Å². The van der Waals surface area contributed by atoms with Gasteiger partial charge in [-0.1, -0.05) is 12.2 Å². The predicted octanol–water partition coefficient (Wildman–Crippen LogP) is 2.24. The van der Waals surface area contributed by atoms with Crippen LogP contribution in [-0.4, -0.2) is 35.0 Å². The maximum atomic E-state index is 12.1. The molecule has 1 aromatic heterocycles. The summed E-state index contributed by atoms with van der Waals surface area (Å²) in [6.07, 6.45) is 1.67. The average Bonchev–Trinajstić information content (AvgIpc) is 2.78. The summed E-state index contributed by atoms with van der Waals surface area (Å²) in [5, 5.41) is 8.80. The normalized spacial score (nSPS) is 16.0. The zero-order valence-electron chi connectivity index (χ0n) is 9.31. The molecule has 1 fully saturated rings. The number of rotatable bonds is 2. The number of thiophene rings is 1. The molecule has 0 aromatic carbocycles. The van der Waals surface area contributed by atoms with Crippen molar-refractivity contribution in [2.24, 2.45) is 0 Å². The van der Waals surface area contributed by atoms with E-state index in [-0.39, 0.29) is 10.8 Å². The maximum Gasteiger partial charge on any atom is 0.345 e. The molecule has 4 nitrogen and oxygen atoms in total. The second-order valence-corrected chi connectivity index (χ2v) is 5.10. The quantitative estimate of drug-likeness (QED) is 0.820. The van der Waals surface area contributed by atoms with E-state index in [1.807, 2.05) is 0 Å². The lowest BCUT2D eigenvalue weighted by molar-refractivity contribution is 0.0701. The molecule has 1 aliphatic heterocycles. The standard InChI is InChI=1S/C12H13NO3S/c1-8-4-6-13(7-5-8)11(14)9-2-3-10(17-9)12(15)16/h2-3H,1,4-7H2,(H,15,16). The lowest BCUT2D eigenvalue weighted by atomic mass is 10.1. The molecule has 1 saturated heterocycles. The molecule has 0 unspecified atom stereocenters. The number of carboxylic acid groups (broad SMARTS) is 1. The SMILES string of the molecule is C=C1CCN(C(=O)c2ccc(C(=O)O)s2)CC1. The topological polar surface area (TPSA) is 57.6 Å². The minimum atomic E-state index is -0.985. The number of carbonyl (C=O) groups is 2. The lowest BCUT2D eigenvalue weighted by Crippen LogP contribution is -2.35. The van der Waals surface area contributed by atoms with Gasteiger partial charge in [0.25, 0.3) is 5.91 Å². The van der Waals surface area contributed by atoms with Crippen LogP contribution in [0.25, 0.3) is 0 Å². The number of amides is 1. The zero-order chi connectivity index (χ0) is 12.4. The Hall–Kier alpha value is -1.62. The van der Waals surface area contributed by atoms with Gasteiger partial charge in [-0.05, 0) is 25.0 Å². The van der Waals surface area contributed by atoms with E-state index in [4.69, 9.17) is 5.11 Å². The van der Waals surface area contributed by atoms with E-state index in [2.05, 4.69) is 6.58 Å². The van der Waals surface area contributed by atoms with E-state index in [1.165, 1.54) is 11.6 Å². The molecular formula is C12H13NO3S. The molecule has 1 aliphatic rings. The Morgan fingerprint density at radius 3 is 2.35 bits per heavy atom. The van der Waals surface area contributed by atoms with Gasteiger partial charge in [-0.3, -0.25) is 4.79 Å². The minimum absolute atomic E-state index is 0.0741. The fourth-order valence-electron chi connectivity index (χ4n) is 1.75. The maximum absolute atomic E-state index is 12.1. The lowest BCUT2D eigenvalue weighted by Gasteiger charge is -2.27. The first-order valence-electron chi connectivity index (χ1n) is 5.37. The van der Waals surface area contributed by atoms with Crippen molar-refractivity contribution >= 4 is 23.2 Å². The van der Waals surface area contributed by atoms with E-state index >= 15 is 0 Å². The van der Waals surface area contributed by atoms with E-state index in [9.17, 15) is 9.59 Å². The van der Waals surface area contributed by atoms with Crippen LogP contribution in [0.4, 0.5) is 0 Å². The molecule has 17 heavy (non-hydrogen) atoms. The van der Waals surface area contributed by atoms with Crippen LogP contribution in [0.15, 0.2) is 24.3 Å². The van der Waals surface area contributed by atoms with Gasteiger partial charge in [-0.2, -0.15) is 0 Å². The van der Waals surface area contributed by atoms with Crippen LogP contribution in [0.2, 0.25) is 0 Å². The van der Waals surface area contributed by atoms with Crippen LogP contribution < -0.4 is 0 Å². The van der Waals surface area contributed by atoms with Gasteiger partial charge in [0.05, 0.1) is 4.88 Å². The molecule has 5 heteroatoms. The molecule has 0 saturated carbocycles. The van der Waals surface area contributed by atoms with Crippen LogP contribution in [0.1, 0.15) is 32.2 Å². The van der Waals surface area contributed by atoms with Crippen LogP contribution in [-0.2, 0) is 0 Å². The van der Waals surface area contributed by atoms with Crippen molar-refractivity contribution in [1.29, 1.82) is 0 Å². The second-order valence-electron chi connectivity index (χ2n) is 4.01. The van der Waals surface area contributed by atoms with E-state index in [0.29, 0.717) is 18.0 Å². The number of hydrogen-bond acceptors (Lipinski definition) is 3. The van der Waals surface area contributed by atoms with Gasteiger partial charge in [0.2, 0.25) is 0 Å². The summed E-state index contributed by atoms with van der Waals surface area (Å²) in [5.41, 5.74) is 1.17. The molecule has 2 heterocycles. The Bertz CT molecular complexity index is 468. The molecule has 0 bridgehead atoms. The fourth-order valence-corrected chi connectivity index (χ4v) is 2.56. The molecule has 0 aliphatic carbocycles.